The van der Waals surface area contributed by atoms with Crippen LogP contribution in [0.25, 0.3) is 0 Å². The Bertz CT molecular complexity index is 532. The topological polar surface area (TPSA) is 69.6 Å². The van der Waals surface area contributed by atoms with Crippen LogP contribution >= 0.6 is 0 Å². The minimum Gasteiger partial charge on any atom is -0.322 e. The summed E-state index contributed by atoms with van der Waals surface area (Å²) < 4.78 is 1.99. The van der Waals surface area contributed by atoms with Gasteiger partial charge in [-0.05, 0) is 32.9 Å². The number of aromatic nitrogens is 4. The lowest BCUT2D eigenvalue weighted by Crippen LogP contribution is -2.17. The molecule has 0 bridgehead atoms. The number of aryl methyl sites for hydroxylation is 3. The second kappa shape index (κ2) is 5.27. The van der Waals surface area contributed by atoms with E-state index in [0.717, 1.165) is 35.9 Å². The number of hydrogen-bond donors (Lipinski definition) is 1. The summed E-state index contributed by atoms with van der Waals surface area (Å²) in [5.41, 5.74) is 9.25. The average Bonchev–Trinajstić information content (AvgIpc) is 2.69. The summed E-state index contributed by atoms with van der Waals surface area (Å²) in [7, 11) is 0. The van der Waals surface area contributed by atoms with Crippen LogP contribution in [-0.4, -0.2) is 19.7 Å². The van der Waals surface area contributed by atoms with Crippen molar-refractivity contribution in [1.29, 1.82) is 0 Å². The lowest BCUT2D eigenvalue weighted by Gasteiger charge is -2.12. The van der Waals surface area contributed by atoms with Crippen LogP contribution < -0.4 is 5.73 Å². The maximum absolute atomic E-state index is 6.20. The van der Waals surface area contributed by atoms with Gasteiger partial charge in [-0.25, -0.2) is 9.97 Å². The van der Waals surface area contributed by atoms with E-state index in [1.807, 2.05) is 24.6 Å². The number of rotatable bonds is 4. The molecule has 18 heavy (non-hydrogen) atoms. The first-order valence-electron chi connectivity index (χ1n) is 6.18. The normalized spacial score (nSPS) is 12.7. The highest BCUT2D eigenvalue weighted by molar-refractivity contribution is 5.15. The van der Waals surface area contributed by atoms with Crippen LogP contribution in [0.3, 0.4) is 0 Å². The summed E-state index contributed by atoms with van der Waals surface area (Å²) >= 11 is 0. The molecular weight excluding hydrogens is 226 g/mol. The molecule has 0 aliphatic heterocycles. The van der Waals surface area contributed by atoms with Gasteiger partial charge in [0.05, 0.1) is 17.4 Å². The number of nitrogens with two attached hydrogens (primary N) is 1. The predicted molar refractivity (Wildman–Crippen MR) is 70.0 cm³/mol. The van der Waals surface area contributed by atoms with Crippen molar-refractivity contribution in [2.75, 3.05) is 0 Å². The molecule has 96 valence electrons. The van der Waals surface area contributed by atoms with Crippen LogP contribution in [0.1, 0.15) is 35.9 Å². The van der Waals surface area contributed by atoms with Crippen molar-refractivity contribution in [3.8, 4) is 0 Å². The molecule has 0 saturated heterocycles. The van der Waals surface area contributed by atoms with Gasteiger partial charge in [0.2, 0.25) is 0 Å². The summed E-state index contributed by atoms with van der Waals surface area (Å²) in [5.74, 6) is 0.753. The molecule has 0 spiro atoms. The smallest absolute Gasteiger partial charge is 0.125 e. The number of nitrogens with zero attached hydrogens (tertiary/aromatic N) is 4. The molecule has 2 heterocycles. The van der Waals surface area contributed by atoms with E-state index in [0.29, 0.717) is 0 Å². The first-order chi connectivity index (χ1) is 8.60. The molecule has 2 aromatic heterocycles. The van der Waals surface area contributed by atoms with Gasteiger partial charge >= 0.3 is 0 Å². The molecule has 0 saturated carbocycles. The Morgan fingerprint density at radius 2 is 2.17 bits per heavy atom. The van der Waals surface area contributed by atoms with E-state index in [-0.39, 0.29) is 6.04 Å². The molecule has 0 radical (unpaired) electrons. The lowest BCUT2D eigenvalue weighted by atomic mass is 10.1. The fraction of sp³-hybridized carbons (Fsp3) is 0.462. The fourth-order valence-corrected chi connectivity index (χ4v) is 2.05. The van der Waals surface area contributed by atoms with E-state index >= 15 is 0 Å². The van der Waals surface area contributed by atoms with Gasteiger partial charge in [0.25, 0.3) is 0 Å². The van der Waals surface area contributed by atoms with Crippen molar-refractivity contribution in [2.24, 2.45) is 5.73 Å². The monoisotopic (exact) mass is 245 g/mol. The molecule has 0 fully saturated rings. The Morgan fingerprint density at radius 1 is 1.39 bits per heavy atom. The van der Waals surface area contributed by atoms with Gasteiger partial charge in [0.15, 0.2) is 0 Å². The van der Waals surface area contributed by atoms with E-state index in [2.05, 4.69) is 28.1 Å². The zero-order valence-electron chi connectivity index (χ0n) is 11.1. The Morgan fingerprint density at radius 3 is 2.83 bits per heavy atom. The quantitative estimate of drug-likeness (QED) is 0.887. The zero-order chi connectivity index (χ0) is 13.1. The summed E-state index contributed by atoms with van der Waals surface area (Å²) in [6.45, 7) is 6.81. The zero-order valence-corrected chi connectivity index (χ0v) is 11.1. The van der Waals surface area contributed by atoms with E-state index in [9.17, 15) is 0 Å². The second-order valence-electron chi connectivity index (χ2n) is 4.43. The molecule has 5 heteroatoms. The van der Waals surface area contributed by atoms with Gasteiger partial charge in [-0.2, -0.15) is 5.10 Å². The van der Waals surface area contributed by atoms with Gasteiger partial charge < -0.3 is 5.73 Å². The molecular formula is C13H19N5. The molecule has 0 aromatic carbocycles. The van der Waals surface area contributed by atoms with Crippen LogP contribution in [0.15, 0.2) is 18.3 Å². The Labute approximate surface area is 107 Å². The first-order valence-corrected chi connectivity index (χ1v) is 6.18. The molecule has 0 aliphatic carbocycles. The standard InChI is InChI=1S/C13H19N5/c1-4-18-11(7-9(2)17-18)8-12(14)13-5-6-15-10(3)16-13/h5-7,12H,4,8,14H2,1-3H3. The van der Waals surface area contributed by atoms with Crippen molar-refractivity contribution in [1.82, 2.24) is 19.7 Å². The van der Waals surface area contributed by atoms with Gasteiger partial charge in [0, 0.05) is 24.9 Å². The van der Waals surface area contributed by atoms with Gasteiger partial charge in [-0.3, -0.25) is 4.68 Å². The Hall–Kier alpha value is -1.75. The third-order valence-corrected chi connectivity index (χ3v) is 2.89. The van der Waals surface area contributed by atoms with Crippen molar-refractivity contribution in [3.05, 3.63) is 41.2 Å². The summed E-state index contributed by atoms with van der Waals surface area (Å²) in [6.07, 6.45) is 2.49. The van der Waals surface area contributed by atoms with E-state index < -0.39 is 0 Å². The molecule has 0 amide bonds. The highest BCUT2D eigenvalue weighted by Gasteiger charge is 2.12. The molecule has 1 unspecified atom stereocenters. The summed E-state index contributed by atoms with van der Waals surface area (Å²) in [6, 6.07) is 3.84. The van der Waals surface area contributed by atoms with Crippen molar-refractivity contribution in [3.63, 3.8) is 0 Å². The van der Waals surface area contributed by atoms with Gasteiger partial charge in [-0.1, -0.05) is 0 Å². The molecule has 2 N–H and O–H groups in total. The average molecular weight is 245 g/mol. The van der Waals surface area contributed by atoms with Crippen LogP contribution in [-0.2, 0) is 13.0 Å². The van der Waals surface area contributed by atoms with E-state index in [1.165, 1.54) is 0 Å². The second-order valence-corrected chi connectivity index (χ2v) is 4.43. The largest absolute Gasteiger partial charge is 0.322 e. The van der Waals surface area contributed by atoms with Crippen LogP contribution in [0.2, 0.25) is 0 Å². The number of hydrogen-bond acceptors (Lipinski definition) is 4. The SMILES string of the molecule is CCn1nc(C)cc1CC(N)c1ccnc(C)n1. The van der Waals surface area contributed by atoms with Gasteiger partial charge in [0.1, 0.15) is 5.82 Å². The van der Waals surface area contributed by atoms with Crippen molar-refractivity contribution >= 4 is 0 Å². The maximum atomic E-state index is 6.20. The highest BCUT2D eigenvalue weighted by atomic mass is 15.3. The van der Waals surface area contributed by atoms with E-state index in [1.54, 1.807) is 6.20 Å². The molecule has 2 aromatic rings. The summed E-state index contributed by atoms with van der Waals surface area (Å²) in [4.78, 5) is 8.45. The van der Waals surface area contributed by atoms with Crippen LogP contribution in [0, 0.1) is 13.8 Å². The third kappa shape index (κ3) is 2.73. The van der Waals surface area contributed by atoms with Crippen molar-refractivity contribution < 1.29 is 0 Å². The molecule has 0 aliphatic rings. The lowest BCUT2D eigenvalue weighted by molar-refractivity contribution is 0.581. The van der Waals surface area contributed by atoms with Crippen LogP contribution in [0.5, 0.6) is 0 Å². The van der Waals surface area contributed by atoms with Crippen molar-refractivity contribution in [2.45, 2.75) is 39.8 Å². The Balaban J connectivity index is 2.18. The molecule has 5 nitrogen and oxygen atoms in total. The maximum Gasteiger partial charge on any atom is 0.125 e. The third-order valence-electron chi connectivity index (χ3n) is 2.89. The predicted octanol–water partition coefficient (Wildman–Crippen LogP) is 1.55. The minimum atomic E-state index is -0.118. The first kappa shape index (κ1) is 12.7. The van der Waals surface area contributed by atoms with E-state index in [4.69, 9.17) is 5.73 Å². The molecule has 2 rings (SSSR count). The Kier molecular flexibility index (Phi) is 3.72. The van der Waals surface area contributed by atoms with Crippen LogP contribution in [0.4, 0.5) is 0 Å². The highest BCUT2D eigenvalue weighted by Crippen LogP contribution is 2.15. The fourth-order valence-electron chi connectivity index (χ4n) is 2.05. The van der Waals surface area contributed by atoms with Gasteiger partial charge in [-0.15, -0.1) is 0 Å². The molecule has 1 atom stereocenters. The minimum absolute atomic E-state index is 0.118. The summed E-state index contributed by atoms with van der Waals surface area (Å²) in [5, 5.41) is 4.42.